The van der Waals surface area contributed by atoms with Gasteiger partial charge in [-0.25, -0.2) is 0 Å². The summed E-state index contributed by atoms with van der Waals surface area (Å²) >= 11 is 0. The Kier molecular flexibility index (Phi) is 4.74. The lowest BCUT2D eigenvalue weighted by Gasteiger charge is -2.40. The van der Waals surface area contributed by atoms with Gasteiger partial charge in [-0.15, -0.1) is 0 Å². The van der Waals surface area contributed by atoms with Crippen LogP contribution in [0.25, 0.3) is 0 Å². The number of ether oxygens (including phenoxy) is 1. The lowest BCUT2D eigenvalue weighted by Crippen LogP contribution is -2.42. The summed E-state index contributed by atoms with van der Waals surface area (Å²) in [5, 5.41) is 3.82. The van der Waals surface area contributed by atoms with E-state index in [1.54, 1.807) is 7.11 Å². The molecule has 2 nitrogen and oxygen atoms in total. The van der Waals surface area contributed by atoms with Gasteiger partial charge in [-0.3, -0.25) is 0 Å². The van der Waals surface area contributed by atoms with Gasteiger partial charge in [0.15, 0.2) is 0 Å². The highest BCUT2D eigenvalue weighted by atomic mass is 16.5. The molecule has 0 aromatic heterocycles. The van der Waals surface area contributed by atoms with Crippen molar-refractivity contribution in [3.63, 3.8) is 0 Å². The number of nitrogens with one attached hydrogen (secondary N) is 1. The summed E-state index contributed by atoms with van der Waals surface area (Å²) in [6, 6.07) is 9.44. The summed E-state index contributed by atoms with van der Waals surface area (Å²) in [7, 11) is 1.71. The van der Waals surface area contributed by atoms with Crippen molar-refractivity contribution in [3.8, 4) is 5.75 Å². The Morgan fingerprint density at radius 1 is 1.25 bits per heavy atom. The predicted molar refractivity (Wildman–Crippen MR) is 85.1 cm³/mol. The van der Waals surface area contributed by atoms with E-state index < -0.39 is 0 Å². The van der Waals surface area contributed by atoms with Gasteiger partial charge >= 0.3 is 0 Å². The smallest absolute Gasteiger partial charge is 0.118 e. The quantitative estimate of drug-likeness (QED) is 0.869. The van der Waals surface area contributed by atoms with E-state index in [0.717, 1.165) is 11.7 Å². The molecule has 0 heterocycles. The summed E-state index contributed by atoms with van der Waals surface area (Å²) in [5.41, 5.74) is 1.85. The van der Waals surface area contributed by atoms with Gasteiger partial charge in [-0.05, 0) is 55.2 Å². The molecule has 0 saturated heterocycles. The second kappa shape index (κ2) is 6.17. The Morgan fingerprint density at radius 2 is 1.90 bits per heavy atom. The Morgan fingerprint density at radius 3 is 2.45 bits per heavy atom. The van der Waals surface area contributed by atoms with Gasteiger partial charge in [-0.1, -0.05) is 32.9 Å². The average molecular weight is 275 g/mol. The molecule has 112 valence electrons. The third kappa shape index (κ3) is 3.76. The van der Waals surface area contributed by atoms with Crippen LogP contribution in [0.5, 0.6) is 5.75 Å². The molecule has 1 saturated carbocycles. The summed E-state index contributed by atoms with van der Waals surface area (Å²) in [5.74, 6) is 1.67. The summed E-state index contributed by atoms with van der Waals surface area (Å²) < 4.78 is 5.22. The monoisotopic (exact) mass is 275 g/mol. The minimum atomic E-state index is 0.398. The maximum absolute atomic E-state index is 5.22. The summed E-state index contributed by atoms with van der Waals surface area (Å²) in [6.07, 6.45) is 3.93. The normalized spacial score (nSPS) is 27.1. The second-order valence-corrected chi connectivity index (χ2v) is 7.15. The van der Waals surface area contributed by atoms with Gasteiger partial charge in [0.2, 0.25) is 0 Å². The molecule has 0 bridgehead atoms. The number of hydrogen-bond donors (Lipinski definition) is 1. The van der Waals surface area contributed by atoms with Crippen LogP contribution in [0, 0.1) is 11.3 Å². The van der Waals surface area contributed by atoms with Crippen molar-refractivity contribution in [3.05, 3.63) is 29.8 Å². The van der Waals surface area contributed by atoms with E-state index in [9.17, 15) is 0 Å². The minimum Gasteiger partial charge on any atom is -0.497 e. The van der Waals surface area contributed by atoms with E-state index in [0.29, 0.717) is 17.5 Å². The van der Waals surface area contributed by atoms with Crippen LogP contribution in [0.4, 0.5) is 0 Å². The largest absolute Gasteiger partial charge is 0.497 e. The summed E-state index contributed by atoms with van der Waals surface area (Å²) in [6.45, 7) is 9.44. The first-order valence-electron chi connectivity index (χ1n) is 7.81. The van der Waals surface area contributed by atoms with Crippen LogP contribution in [0.15, 0.2) is 24.3 Å². The van der Waals surface area contributed by atoms with Crippen molar-refractivity contribution in [2.75, 3.05) is 7.11 Å². The molecule has 2 heteroatoms. The van der Waals surface area contributed by atoms with Gasteiger partial charge in [0.25, 0.3) is 0 Å². The molecule has 1 fully saturated rings. The van der Waals surface area contributed by atoms with Crippen LogP contribution in [0.3, 0.4) is 0 Å². The van der Waals surface area contributed by atoms with Crippen molar-refractivity contribution in [1.29, 1.82) is 0 Å². The molecule has 1 N–H and O–H groups in total. The fourth-order valence-corrected chi connectivity index (χ4v) is 3.50. The molecule has 1 aromatic carbocycles. The molecular weight excluding hydrogens is 246 g/mol. The maximum Gasteiger partial charge on any atom is 0.118 e. The molecule has 0 aliphatic heterocycles. The van der Waals surface area contributed by atoms with Crippen molar-refractivity contribution in [2.45, 2.75) is 59.0 Å². The molecule has 0 radical (unpaired) electrons. The third-order valence-electron chi connectivity index (χ3n) is 4.77. The maximum atomic E-state index is 5.22. The molecule has 3 unspecified atom stereocenters. The molecule has 1 aromatic rings. The van der Waals surface area contributed by atoms with E-state index >= 15 is 0 Å². The molecule has 1 aliphatic carbocycles. The Bertz CT molecular complexity index is 424. The Labute approximate surface area is 123 Å². The van der Waals surface area contributed by atoms with Crippen molar-refractivity contribution >= 4 is 0 Å². The molecule has 2 rings (SSSR count). The standard InChI is InChI=1S/C18H29NO/c1-13-12-18(3,4)11-10-17(13)19-14(2)15-6-8-16(20-5)9-7-15/h6-9,13-14,17,19H,10-12H2,1-5H3. The average Bonchev–Trinajstić information content (AvgIpc) is 2.41. The Hall–Kier alpha value is -1.02. The molecular formula is C18H29NO. The van der Waals surface area contributed by atoms with Gasteiger partial charge in [0.05, 0.1) is 7.11 Å². The summed E-state index contributed by atoms with van der Waals surface area (Å²) in [4.78, 5) is 0. The van der Waals surface area contributed by atoms with E-state index in [4.69, 9.17) is 4.74 Å². The van der Waals surface area contributed by atoms with E-state index in [1.165, 1.54) is 24.8 Å². The van der Waals surface area contributed by atoms with E-state index in [1.807, 2.05) is 12.1 Å². The van der Waals surface area contributed by atoms with Crippen LogP contribution in [-0.2, 0) is 0 Å². The van der Waals surface area contributed by atoms with Gasteiger partial charge in [-0.2, -0.15) is 0 Å². The van der Waals surface area contributed by atoms with E-state index in [2.05, 4.69) is 45.1 Å². The molecule has 1 aliphatic rings. The van der Waals surface area contributed by atoms with Crippen molar-refractivity contribution in [1.82, 2.24) is 5.32 Å². The molecule has 0 amide bonds. The molecule has 0 spiro atoms. The zero-order chi connectivity index (χ0) is 14.8. The fraction of sp³-hybridized carbons (Fsp3) is 0.667. The molecule has 20 heavy (non-hydrogen) atoms. The van der Waals surface area contributed by atoms with Crippen LogP contribution >= 0.6 is 0 Å². The highest BCUT2D eigenvalue weighted by Gasteiger charge is 2.32. The van der Waals surface area contributed by atoms with Crippen LogP contribution in [0.2, 0.25) is 0 Å². The van der Waals surface area contributed by atoms with Crippen molar-refractivity contribution in [2.24, 2.45) is 11.3 Å². The SMILES string of the molecule is COc1ccc(C(C)NC2CCC(C)(C)CC2C)cc1. The number of hydrogen-bond acceptors (Lipinski definition) is 2. The zero-order valence-corrected chi connectivity index (χ0v) is 13.6. The van der Waals surface area contributed by atoms with Crippen molar-refractivity contribution < 1.29 is 4.74 Å². The van der Waals surface area contributed by atoms with Gasteiger partial charge in [0.1, 0.15) is 5.75 Å². The number of benzene rings is 1. The first-order valence-corrected chi connectivity index (χ1v) is 7.81. The topological polar surface area (TPSA) is 21.3 Å². The lowest BCUT2D eigenvalue weighted by atomic mass is 9.70. The van der Waals surface area contributed by atoms with Gasteiger partial charge < -0.3 is 10.1 Å². The fourth-order valence-electron chi connectivity index (χ4n) is 3.50. The van der Waals surface area contributed by atoms with Crippen LogP contribution in [-0.4, -0.2) is 13.2 Å². The highest BCUT2D eigenvalue weighted by Crippen LogP contribution is 2.39. The highest BCUT2D eigenvalue weighted by molar-refractivity contribution is 5.28. The first-order chi connectivity index (χ1) is 9.41. The van der Waals surface area contributed by atoms with Crippen LogP contribution < -0.4 is 10.1 Å². The predicted octanol–water partition coefficient (Wildman–Crippen LogP) is 4.56. The lowest BCUT2D eigenvalue weighted by molar-refractivity contribution is 0.143. The third-order valence-corrected chi connectivity index (χ3v) is 4.77. The first kappa shape index (κ1) is 15.4. The Balaban J connectivity index is 1.95. The van der Waals surface area contributed by atoms with Gasteiger partial charge in [0, 0.05) is 12.1 Å². The van der Waals surface area contributed by atoms with E-state index in [-0.39, 0.29) is 0 Å². The molecule has 3 atom stereocenters. The zero-order valence-electron chi connectivity index (χ0n) is 13.6. The number of methoxy groups -OCH3 is 1. The van der Waals surface area contributed by atoms with Crippen LogP contribution in [0.1, 0.15) is 58.6 Å². The minimum absolute atomic E-state index is 0.398. The number of rotatable bonds is 4. The second-order valence-electron chi connectivity index (χ2n) is 7.15.